The van der Waals surface area contributed by atoms with E-state index < -0.39 is 0 Å². The molecule has 0 saturated carbocycles. The van der Waals surface area contributed by atoms with Gasteiger partial charge in [0, 0.05) is 24.5 Å². The molecule has 1 aliphatic heterocycles. The fourth-order valence-electron chi connectivity index (χ4n) is 1.98. The first-order chi connectivity index (χ1) is 8.97. The molecular formula is C15H16O4. The Bertz CT molecular complexity index is 545. The number of rotatable bonds is 4. The highest BCUT2D eigenvalue weighted by atomic mass is 16.5. The van der Waals surface area contributed by atoms with E-state index in [1.807, 2.05) is 6.07 Å². The van der Waals surface area contributed by atoms with Crippen LogP contribution in [0.3, 0.4) is 0 Å². The second kappa shape index (κ2) is 5.26. The number of ketones is 1. The van der Waals surface area contributed by atoms with E-state index in [9.17, 15) is 9.59 Å². The van der Waals surface area contributed by atoms with Gasteiger partial charge in [-0.2, -0.15) is 0 Å². The van der Waals surface area contributed by atoms with Gasteiger partial charge in [-0.1, -0.05) is 6.58 Å². The predicted octanol–water partition coefficient (Wildman–Crippen LogP) is 2.31. The molecule has 100 valence electrons. The number of esters is 1. The van der Waals surface area contributed by atoms with Crippen molar-refractivity contribution in [3.63, 3.8) is 0 Å². The zero-order valence-corrected chi connectivity index (χ0v) is 11.1. The Labute approximate surface area is 112 Å². The van der Waals surface area contributed by atoms with Crippen molar-refractivity contribution < 1.29 is 19.1 Å². The summed E-state index contributed by atoms with van der Waals surface area (Å²) in [6, 6.07) is 5.39. The van der Waals surface area contributed by atoms with Gasteiger partial charge >= 0.3 is 5.97 Å². The molecule has 0 radical (unpaired) electrons. The smallest absolute Gasteiger partial charge is 0.302 e. The molecule has 0 fully saturated rings. The van der Waals surface area contributed by atoms with Gasteiger partial charge in [0.15, 0.2) is 5.78 Å². The third kappa shape index (κ3) is 3.02. The molecule has 1 aromatic rings. The highest BCUT2D eigenvalue weighted by molar-refractivity contribution is 5.94. The number of fused-ring (bicyclic) bond motifs is 1. The second-order valence-corrected chi connectivity index (χ2v) is 4.63. The van der Waals surface area contributed by atoms with Crippen molar-refractivity contribution in [3.05, 3.63) is 41.5 Å². The van der Waals surface area contributed by atoms with Crippen molar-refractivity contribution in [1.82, 2.24) is 0 Å². The first-order valence-electron chi connectivity index (χ1n) is 6.09. The van der Waals surface area contributed by atoms with E-state index >= 15 is 0 Å². The highest BCUT2D eigenvalue weighted by Gasteiger charge is 2.26. The minimum Gasteiger partial charge on any atom is -0.485 e. The monoisotopic (exact) mass is 260 g/mol. The molecule has 1 heterocycles. The van der Waals surface area contributed by atoms with E-state index in [2.05, 4.69) is 6.58 Å². The zero-order valence-electron chi connectivity index (χ0n) is 11.1. The Morgan fingerprint density at radius 3 is 2.79 bits per heavy atom. The second-order valence-electron chi connectivity index (χ2n) is 4.63. The number of Topliss-reactive ketones (excluding diaryl/α,β-unsaturated/α-hetero) is 1. The molecule has 0 saturated heterocycles. The fraction of sp³-hybridized carbons (Fsp3) is 0.333. The summed E-state index contributed by atoms with van der Waals surface area (Å²) in [6.07, 6.45) is 0.452. The van der Waals surface area contributed by atoms with E-state index in [4.69, 9.17) is 9.47 Å². The minimum atomic E-state index is -0.337. The molecule has 1 atom stereocenters. The maximum atomic E-state index is 11.3. The summed E-state index contributed by atoms with van der Waals surface area (Å²) in [5, 5.41) is 0. The summed E-state index contributed by atoms with van der Waals surface area (Å²) >= 11 is 0. The Hall–Kier alpha value is -2.10. The molecule has 0 bridgehead atoms. The van der Waals surface area contributed by atoms with E-state index in [1.165, 1.54) is 13.8 Å². The van der Waals surface area contributed by atoms with Crippen molar-refractivity contribution in [3.8, 4) is 5.75 Å². The van der Waals surface area contributed by atoms with Crippen molar-refractivity contribution in [2.24, 2.45) is 0 Å². The van der Waals surface area contributed by atoms with Gasteiger partial charge in [0.25, 0.3) is 0 Å². The lowest BCUT2D eigenvalue weighted by molar-refractivity contribution is -0.140. The molecule has 2 rings (SSSR count). The number of hydrogen-bond donors (Lipinski definition) is 0. The third-order valence-electron chi connectivity index (χ3n) is 3.06. The Morgan fingerprint density at radius 1 is 1.42 bits per heavy atom. The standard InChI is InChI=1S/C15H16O4/c1-9(8-18-11(3)17)15-7-13-6-12(10(2)16)4-5-14(13)19-15/h4-6,15H,1,7-8H2,2-3H3/t15-/m0/s1. The van der Waals surface area contributed by atoms with Gasteiger partial charge in [0.2, 0.25) is 0 Å². The number of benzene rings is 1. The first kappa shape index (κ1) is 13.3. The lowest BCUT2D eigenvalue weighted by Gasteiger charge is -2.13. The molecule has 0 unspecified atom stereocenters. The van der Waals surface area contributed by atoms with Gasteiger partial charge in [0.1, 0.15) is 18.5 Å². The molecule has 0 spiro atoms. The van der Waals surface area contributed by atoms with Crippen LogP contribution in [0.1, 0.15) is 29.8 Å². The molecule has 1 aromatic carbocycles. The van der Waals surface area contributed by atoms with Crippen molar-refractivity contribution >= 4 is 11.8 Å². The summed E-state index contributed by atoms with van der Waals surface area (Å²) in [5.41, 5.74) is 2.38. The molecular weight excluding hydrogens is 244 g/mol. The van der Waals surface area contributed by atoms with Gasteiger partial charge in [-0.3, -0.25) is 9.59 Å². The van der Waals surface area contributed by atoms with Gasteiger partial charge in [-0.15, -0.1) is 0 Å². The largest absolute Gasteiger partial charge is 0.485 e. The number of carbonyl (C=O) groups is 2. The molecule has 0 aromatic heterocycles. The SMILES string of the molecule is C=C(COC(C)=O)[C@@H]1Cc2cc(C(C)=O)ccc2O1. The molecule has 0 aliphatic carbocycles. The lowest BCUT2D eigenvalue weighted by atomic mass is 10.0. The topological polar surface area (TPSA) is 52.6 Å². The van der Waals surface area contributed by atoms with Crippen LogP contribution in [-0.2, 0) is 16.0 Å². The van der Waals surface area contributed by atoms with Crippen molar-refractivity contribution in [1.29, 1.82) is 0 Å². The average molecular weight is 260 g/mol. The van der Waals surface area contributed by atoms with Gasteiger partial charge in [0.05, 0.1) is 0 Å². The van der Waals surface area contributed by atoms with E-state index in [1.54, 1.807) is 12.1 Å². The van der Waals surface area contributed by atoms with Crippen LogP contribution in [0.15, 0.2) is 30.4 Å². The lowest BCUT2D eigenvalue weighted by Crippen LogP contribution is -2.20. The van der Waals surface area contributed by atoms with Crippen LogP contribution in [0, 0.1) is 0 Å². The number of carbonyl (C=O) groups excluding carboxylic acids is 2. The molecule has 4 nitrogen and oxygen atoms in total. The van der Waals surface area contributed by atoms with Gasteiger partial charge < -0.3 is 9.47 Å². The van der Waals surface area contributed by atoms with E-state index in [0.717, 1.165) is 16.9 Å². The van der Waals surface area contributed by atoms with Gasteiger partial charge in [-0.25, -0.2) is 0 Å². The quantitative estimate of drug-likeness (QED) is 0.473. The Morgan fingerprint density at radius 2 is 2.16 bits per heavy atom. The Balaban J connectivity index is 2.05. The van der Waals surface area contributed by atoms with Crippen LogP contribution in [0.5, 0.6) is 5.75 Å². The zero-order chi connectivity index (χ0) is 14.0. The maximum Gasteiger partial charge on any atom is 0.302 e. The van der Waals surface area contributed by atoms with Crippen LogP contribution in [0.4, 0.5) is 0 Å². The summed E-state index contributed by atoms with van der Waals surface area (Å²) in [6.45, 7) is 6.93. The fourth-order valence-corrected chi connectivity index (χ4v) is 1.98. The van der Waals surface area contributed by atoms with Crippen molar-refractivity contribution in [2.45, 2.75) is 26.4 Å². The summed E-state index contributed by atoms with van der Waals surface area (Å²) in [4.78, 5) is 22.1. The summed E-state index contributed by atoms with van der Waals surface area (Å²) in [7, 11) is 0. The molecule has 1 aliphatic rings. The molecule has 0 N–H and O–H groups in total. The third-order valence-corrected chi connectivity index (χ3v) is 3.06. The minimum absolute atomic E-state index is 0.0324. The predicted molar refractivity (Wildman–Crippen MR) is 70.3 cm³/mol. The van der Waals surface area contributed by atoms with E-state index in [-0.39, 0.29) is 24.5 Å². The average Bonchev–Trinajstić information content (AvgIpc) is 2.78. The molecule has 0 amide bonds. The van der Waals surface area contributed by atoms with Crippen LogP contribution >= 0.6 is 0 Å². The normalized spacial score (nSPS) is 16.4. The number of ether oxygens (including phenoxy) is 2. The van der Waals surface area contributed by atoms with Gasteiger partial charge in [-0.05, 0) is 30.7 Å². The van der Waals surface area contributed by atoms with Crippen LogP contribution in [-0.4, -0.2) is 24.5 Å². The van der Waals surface area contributed by atoms with Crippen LogP contribution in [0.25, 0.3) is 0 Å². The van der Waals surface area contributed by atoms with Crippen LogP contribution in [0.2, 0.25) is 0 Å². The summed E-state index contributed by atoms with van der Waals surface area (Å²) in [5.74, 6) is 0.458. The molecule has 19 heavy (non-hydrogen) atoms. The highest BCUT2D eigenvalue weighted by Crippen LogP contribution is 2.32. The maximum absolute atomic E-state index is 11.3. The number of hydrogen-bond acceptors (Lipinski definition) is 4. The van der Waals surface area contributed by atoms with E-state index in [0.29, 0.717) is 12.0 Å². The Kier molecular flexibility index (Phi) is 3.69. The van der Waals surface area contributed by atoms with Crippen molar-refractivity contribution in [2.75, 3.05) is 6.61 Å². The molecule has 4 heteroatoms. The first-order valence-corrected chi connectivity index (χ1v) is 6.09. The van der Waals surface area contributed by atoms with Crippen LogP contribution < -0.4 is 4.74 Å². The summed E-state index contributed by atoms with van der Waals surface area (Å²) < 4.78 is 10.6.